The molecule has 1 amide bonds. The molecule has 0 saturated carbocycles. The van der Waals surface area contributed by atoms with Crippen molar-refractivity contribution in [2.75, 3.05) is 46.0 Å². The Balaban J connectivity index is 1.50. The molecule has 1 N–H and O–H groups in total. The van der Waals surface area contributed by atoms with Crippen LogP contribution in [0.15, 0.2) is 91.0 Å². The second-order valence-corrected chi connectivity index (χ2v) is 10.4. The van der Waals surface area contributed by atoms with Crippen LogP contribution in [0.1, 0.15) is 29.2 Å². The second-order valence-electron chi connectivity index (χ2n) is 10.4. The first-order valence-corrected chi connectivity index (χ1v) is 14.2. The van der Waals surface area contributed by atoms with Gasteiger partial charge in [-0.25, -0.2) is 0 Å². The van der Waals surface area contributed by atoms with Gasteiger partial charge in [0, 0.05) is 31.7 Å². The van der Waals surface area contributed by atoms with E-state index < -0.39 is 17.7 Å². The Morgan fingerprint density at radius 1 is 1.00 bits per heavy atom. The summed E-state index contributed by atoms with van der Waals surface area (Å²) in [5.41, 5.74) is 1.96. The fourth-order valence-electron chi connectivity index (χ4n) is 5.38. The molecule has 8 nitrogen and oxygen atoms in total. The lowest BCUT2D eigenvalue weighted by Crippen LogP contribution is -2.38. The zero-order valence-electron chi connectivity index (χ0n) is 23.8. The number of aliphatic hydroxyl groups is 1. The fraction of sp³-hybridized carbons (Fsp3) is 0.294. The van der Waals surface area contributed by atoms with Crippen molar-refractivity contribution in [3.63, 3.8) is 0 Å². The highest BCUT2D eigenvalue weighted by Gasteiger charge is 2.46. The van der Waals surface area contributed by atoms with Crippen molar-refractivity contribution in [2.45, 2.75) is 19.4 Å². The maximum absolute atomic E-state index is 13.5. The number of likely N-dealkylation sites (tertiary alicyclic amines) is 1. The number of amides is 1. The lowest BCUT2D eigenvalue weighted by Gasteiger charge is -2.29. The van der Waals surface area contributed by atoms with E-state index in [0.29, 0.717) is 61.2 Å². The van der Waals surface area contributed by atoms with E-state index in [9.17, 15) is 14.7 Å². The Labute approximate surface area is 246 Å². The SMILES string of the molecule is C=CCOc1ccc(/C(O)=C2\C(=O)C(=O)N(CCCN3CCOCC3)C2c2cccc(Oc3ccccc3)c2)cc1C. The summed E-state index contributed by atoms with van der Waals surface area (Å²) in [7, 11) is 0. The highest BCUT2D eigenvalue weighted by Crippen LogP contribution is 2.41. The van der Waals surface area contributed by atoms with Gasteiger partial charge < -0.3 is 24.2 Å². The average Bonchev–Trinajstić information content (AvgIpc) is 3.26. The van der Waals surface area contributed by atoms with Crippen LogP contribution in [0, 0.1) is 6.92 Å². The minimum Gasteiger partial charge on any atom is -0.507 e. The number of aliphatic hydroxyl groups excluding tert-OH is 1. The molecule has 0 spiro atoms. The predicted octanol–water partition coefficient (Wildman–Crippen LogP) is 5.50. The first-order chi connectivity index (χ1) is 20.5. The van der Waals surface area contributed by atoms with E-state index in [1.807, 2.05) is 61.5 Å². The molecule has 2 fully saturated rings. The number of Topliss-reactive ketones (excluding diaryl/α,β-unsaturated/α-hetero) is 1. The topological polar surface area (TPSA) is 88.5 Å². The van der Waals surface area contributed by atoms with Gasteiger partial charge in [0.05, 0.1) is 24.8 Å². The fourth-order valence-corrected chi connectivity index (χ4v) is 5.38. The van der Waals surface area contributed by atoms with Crippen LogP contribution in [0.25, 0.3) is 5.76 Å². The normalized spacial score (nSPS) is 18.7. The van der Waals surface area contributed by atoms with Crippen LogP contribution < -0.4 is 9.47 Å². The van der Waals surface area contributed by atoms with Crippen molar-refractivity contribution < 1.29 is 28.9 Å². The summed E-state index contributed by atoms with van der Waals surface area (Å²) in [5.74, 6) is 0.336. The summed E-state index contributed by atoms with van der Waals surface area (Å²) in [6, 6.07) is 21.2. The van der Waals surface area contributed by atoms with Crippen LogP contribution in [0.5, 0.6) is 17.2 Å². The van der Waals surface area contributed by atoms with Crippen LogP contribution in [0.4, 0.5) is 0 Å². The molecule has 5 rings (SSSR count). The van der Waals surface area contributed by atoms with E-state index in [2.05, 4.69) is 11.5 Å². The van der Waals surface area contributed by atoms with Gasteiger partial charge >= 0.3 is 0 Å². The lowest BCUT2D eigenvalue weighted by atomic mass is 9.94. The number of carbonyl (C=O) groups is 2. The molecule has 2 saturated heterocycles. The number of nitrogens with zero attached hydrogens (tertiary/aromatic N) is 2. The highest BCUT2D eigenvalue weighted by molar-refractivity contribution is 6.46. The highest BCUT2D eigenvalue weighted by atomic mass is 16.5. The quantitative estimate of drug-likeness (QED) is 0.142. The number of hydrogen-bond donors (Lipinski definition) is 1. The molecule has 1 atom stereocenters. The van der Waals surface area contributed by atoms with Gasteiger partial charge in [0.2, 0.25) is 0 Å². The Hall–Kier alpha value is -4.40. The van der Waals surface area contributed by atoms with E-state index in [1.54, 1.807) is 29.2 Å². The molecule has 2 heterocycles. The largest absolute Gasteiger partial charge is 0.507 e. The lowest BCUT2D eigenvalue weighted by molar-refractivity contribution is -0.140. The van der Waals surface area contributed by atoms with Gasteiger partial charge in [0.1, 0.15) is 29.6 Å². The van der Waals surface area contributed by atoms with Crippen LogP contribution >= 0.6 is 0 Å². The third-order valence-corrected chi connectivity index (χ3v) is 7.47. The summed E-state index contributed by atoms with van der Waals surface area (Å²) < 4.78 is 17.2. The van der Waals surface area contributed by atoms with Crippen molar-refractivity contribution in [3.8, 4) is 17.2 Å². The zero-order valence-corrected chi connectivity index (χ0v) is 23.8. The minimum atomic E-state index is -0.772. The Kier molecular flexibility index (Phi) is 9.36. The molecular weight excluding hydrogens is 532 g/mol. The molecule has 42 heavy (non-hydrogen) atoms. The monoisotopic (exact) mass is 568 g/mol. The molecule has 0 bridgehead atoms. The molecule has 8 heteroatoms. The molecule has 1 unspecified atom stereocenters. The van der Waals surface area contributed by atoms with E-state index in [4.69, 9.17) is 14.2 Å². The number of aryl methyl sites for hydroxylation is 1. The van der Waals surface area contributed by atoms with Crippen LogP contribution in [-0.2, 0) is 14.3 Å². The van der Waals surface area contributed by atoms with Gasteiger partial charge in [-0.15, -0.1) is 0 Å². The summed E-state index contributed by atoms with van der Waals surface area (Å²) in [5, 5.41) is 11.6. The maximum Gasteiger partial charge on any atom is 0.295 e. The van der Waals surface area contributed by atoms with E-state index in [0.717, 1.165) is 25.2 Å². The van der Waals surface area contributed by atoms with Gasteiger partial charge in [0.15, 0.2) is 0 Å². The Morgan fingerprint density at radius 3 is 2.50 bits per heavy atom. The van der Waals surface area contributed by atoms with Gasteiger partial charge in [0.25, 0.3) is 11.7 Å². The Morgan fingerprint density at radius 2 is 1.76 bits per heavy atom. The molecule has 218 valence electrons. The number of benzene rings is 3. The number of para-hydroxylation sites is 1. The third-order valence-electron chi connectivity index (χ3n) is 7.47. The second kappa shape index (κ2) is 13.5. The predicted molar refractivity (Wildman–Crippen MR) is 161 cm³/mol. The van der Waals surface area contributed by atoms with Gasteiger partial charge in [-0.2, -0.15) is 0 Å². The molecule has 0 radical (unpaired) electrons. The smallest absolute Gasteiger partial charge is 0.295 e. The van der Waals surface area contributed by atoms with Crippen molar-refractivity contribution in [2.24, 2.45) is 0 Å². The van der Waals surface area contributed by atoms with Crippen molar-refractivity contribution >= 4 is 17.4 Å². The number of hydrogen-bond acceptors (Lipinski definition) is 7. The molecule has 0 aromatic heterocycles. The first kappa shape index (κ1) is 29.1. The molecular formula is C34H36N2O6. The number of rotatable bonds is 11. The van der Waals surface area contributed by atoms with Gasteiger partial charge in [-0.3, -0.25) is 14.5 Å². The molecule has 2 aliphatic heterocycles. The van der Waals surface area contributed by atoms with Gasteiger partial charge in [-0.1, -0.05) is 43.0 Å². The number of ketones is 1. The zero-order chi connectivity index (χ0) is 29.5. The molecule has 2 aliphatic rings. The summed E-state index contributed by atoms with van der Waals surface area (Å²) in [6.07, 6.45) is 2.34. The number of carbonyl (C=O) groups excluding carboxylic acids is 2. The molecule has 0 aliphatic carbocycles. The Bertz CT molecular complexity index is 1460. The number of morpholine rings is 1. The summed E-state index contributed by atoms with van der Waals surface area (Å²) in [4.78, 5) is 30.9. The van der Waals surface area contributed by atoms with E-state index in [-0.39, 0.29) is 11.3 Å². The van der Waals surface area contributed by atoms with Gasteiger partial charge in [-0.05, 0) is 66.9 Å². The summed E-state index contributed by atoms with van der Waals surface area (Å²) >= 11 is 0. The third kappa shape index (κ3) is 6.56. The van der Waals surface area contributed by atoms with E-state index >= 15 is 0 Å². The van der Waals surface area contributed by atoms with Crippen molar-refractivity contribution in [3.05, 3.63) is 108 Å². The van der Waals surface area contributed by atoms with Crippen LogP contribution in [0.3, 0.4) is 0 Å². The minimum absolute atomic E-state index is 0.0578. The average molecular weight is 569 g/mol. The maximum atomic E-state index is 13.5. The first-order valence-electron chi connectivity index (χ1n) is 14.2. The van der Waals surface area contributed by atoms with E-state index in [1.165, 1.54) is 0 Å². The van der Waals surface area contributed by atoms with Crippen LogP contribution in [0.2, 0.25) is 0 Å². The van der Waals surface area contributed by atoms with Crippen molar-refractivity contribution in [1.29, 1.82) is 0 Å². The van der Waals surface area contributed by atoms with Crippen LogP contribution in [-0.4, -0.2) is 72.6 Å². The molecule has 3 aromatic carbocycles. The molecule has 3 aromatic rings. The van der Waals surface area contributed by atoms with Crippen molar-refractivity contribution in [1.82, 2.24) is 9.80 Å². The summed E-state index contributed by atoms with van der Waals surface area (Å²) in [6.45, 7) is 10.1. The standard InChI is InChI=1S/C34H36N2O6/c1-3-19-41-29-14-13-26(22-24(29)2)32(37)30-31(25-9-7-12-28(23-25)42-27-10-5-4-6-11-27)36(34(39)33(30)38)16-8-15-35-17-20-40-21-18-35/h3-7,9-14,22-23,31,37H,1,8,15-21H2,2H3/b32-30+. The number of ether oxygens (including phenoxy) is 3.